The lowest BCUT2D eigenvalue weighted by Crippen LogP contribution is -2.24. The highest BCUT2D eigenvalue weighted by Gasteiger charge is 2.11. The zero-order chi connectivity index (χ0) is 12.7. The van der Waals surface area contributed by atoms with Gasteiger partial charge in [-0.15, -0.1) is 0 Å². The lowest BCUT2D eigenvalue weighted by atomic mass is 10.1. The molecule has 0 radical (unpaired) electrons. The molecule has 0 saturated heterocycles. The Morgan fingerprint density at radius 2 is 2.18 bits per heavy atom. The summed E-state index contributed by atoms with van der Waals surface area (Å²) in [5.41, 5.74) is 0. The van der Waals surface area contributed by atoms with Crippen LogP contribution in [0.4, 0.5) is 0 Å². The van der Waals surface area contributed by atoms with E-state index in [9.17, 15) is 0 Å². The molecule has 0 fully saturated rings. The molecule has 1 rings (SSSR count). The van der Waals surface area contributed by atoms with Crippen molar-refractivity contribution in [1.82, 2.24) is 15.0 Å². The highest BCUT2D eigenvalue weighted by Crippen LogP contribution is 2.07. The summed E-state index contributed by atoms with van der Waals surface area (Å²) in [7, 11) is 0. The van der Waals surface area contributed by atoms with Crippen LogP contribution in [-0.2, 0) is 13.0 Å². The fourth-order valence-electron chi connectivity index (χ4n) is 1.64. The Morgan fingerprint density at radius 3 is 2.76 bits per heavy atom. The number of aromatic nitrogens is 2. The van der Waals surface area contributed by atoms with Gasteiger partial charge in [-0.3, -0.25) is 4.90 Å². The van der Waals surface area contributed by atoms with Crippen LogP contribution in [0.3, 0.4) is 0 Å². The Morgan fingerprint density at radius 1 is 1.41 bits per heavy atom. The molecule has 0 unspecified atom stereocenters. The molecule has 5 nitrogen and oxygen atoms in total. The minimum Gasteiger partial charge on any atom is -0.396 e. The van der Waals surface area contributed by atoms with Crippen molar-refractivity contribution >= 4 is 0 Å². The van der Waals surface area contributed by atoms with Crippen molar-refractivity contribution in [2.45, 2.75) is 40.2 Å². The summed E-state index contributed by atoms with van der Waals surface area (Å²) in [4.78, 5) is 6.55. The van der Waals surface area contributed by atoms with E-state index < -0.39 is 0 Å². The first-order valence-corrected chi connectivity index (χ1v) is 6.30. The van der Waals surface area contributed by atoms with Crippen molar-refractivity contribution < 1.29 is 9.63 Å². The Balaban J connectivity index is 2.46. The second kappa shape index (κ2) is 7.40. The fourth-order valence-corrected chi connectivity index (χ4v) is 1.64. The summed E-state index contributed by atoms with van der Waals surface area (Å²) in [6.45, 7) is 9.02. The van der Waals surface area contributed by atoms with Crippen molar-refractivity contribution in [3.63, 3.8) is 0 Å². The van der Waals surface area contributed by atoms with Gasteiger partial charge in [0.05, 0.1) is 6.54 Å². The van der Waals surface area contributed by atoms with E-state index in [4.69, 9.17) is 9.63 Å². The predicted octanol–water partition coefficient (Wildman–Crippen LogP) is 1.47. The largest absolute Gasteiger partial charge is 0.396 e. The average Bonchev–Trinajstić information content (AvgIpc) is 2.70. The van der Waals surface area contributed by atoms with Gasteiger partial charge in [0.2, 0.25) is 5.89 Å². The van der Waals surface area contributed by atoms with E-state index in [1.165, 1.54) is 0 Å². The first kappa shape index (κ1) is 14.1. The van der Waals surface area contributed by atoms with Crippen molar-refractivity contribution in [2.75, 3.05) is 19.7 Å². The quantitative estimate of drug-likeness (QED) is 0.746. The molecule has 1 aromatic rings. The van der Waals surface area contributed by atoms with Crippen LogP contribution in [0.1, 0.15) is 38.9 Å². The first-order chi connectivity index (χ1) is 8.15. The van der Waals surface area contributed by atoms with Gasteiger partial charge in [0.1, 0.15) is 0 Å². The molecule has 0 spiro atoms. The second-order valence-electron chi connectivity index (χ2n) is 4.65. The van der Waals surface area contributed by atoms with Crippen molar-refractivity contribution in [1.29, 1.82) is 0 Å². The normalized spacial score (nSPS) is 11.6. The summed E-state index contributed by atoms with van der Waals surface area (Å²) in [5, 5.41) is 12.8. The summed E-state index contributed by atoms with van der Waals surface area (Å²) in [5.74, 6) is 1.99. The second-order valence-corrected chi connectivity index (χ2v) is 4.65. The lowest BCUT2D eigenvalue weighted by molar-refractivity contribution is 0.205. The monoisotopic (exact) mass is 241 g/mol. The smallest absolute Gasteiger partial charge is 0.240 e. The molecule has 0 atom stereocenters. The molecule has 0 aliphatic heterocycles. The van der Waals surface area contributed by atoms with Gasteiger partial charge >= 0.3 is 0 Å². The maximum atomic E-state index is 8.80. The Kier molecular flexibility index (Phi) is 6.15. The van der Waals surface area contributed by atoms with Crippen LogP contribution in [0.15, 0.2) is 4.52 Å². The average molecular weight is 241 g/mol. The van der Waals surface area contributed by atoms with E-state index in [2.05, 4.69) is 35.8 Å². The molecule has 1 aromatic heterocycles. The standard InChI is InChI=1S/C12H23N3O2/c1-4-15(6-5-7-16)9-12-13-11(14-17-12)8-10(2)3/h10,16H,4-9H2,1-3H3. The van der Waals surface area contributed by atoms with Crippen LogP contribution in [0.2, 0.25) is 0 Å². The molecule has 1 N–H and O–H groups in total. The SMILES string of the molecule is CCN(CCCO)Cc1nc(CC(C)C)no1. The van der Waals surface area contributed by atoms with Gasteiger partial charge in [-0.1, -0.05) is 25.9 Å². The molecular weight excluding hydrogens is 218 g/mol. The highest BCUT2D eigenvalue weighted by atomic mass is 16.5. The van der Waals surface area contributed by atoms with Crippen molar-refractivity contribution in [3.8, 4) is 0 Å². The van der Waals surface area contributed by atoms with Gasteiger partial charge in [-0.2, -0.15) is 4.98 Å². The van der Waals surface area contributed by atoms with E-state index in [0.29, 0.717) is 18.4 Å². The topological polar surface area (TPSA) is 62.4 Å². The van der Waals surface area contributed by atoms with Crippen LogP contribution < -0.4 is 0 Å². The molecular formula is C12H23N3O2. The Bertz CT molecular complexity index is 312. The fraction of sp³-hybridized carbons (Fsp3) is 0.833. The van der Waals surface area contributed by atoms with Crippen LogP contribution in [0, 0.1) is 5.92 Å². The minimum absolute atomic E-state index is 0.221. The maximum Gasteiger partial charge on any atom is 0.240 e. The van der Waals surface area contributed by atoms with Crippen molar-refractivity contribution in [2.24, 2.45) is 5.92 Å². The maximum absolute atomic E-state index is 8.80. The molecule has 0 saturated carbocycles. The van der Waals surface area contributed by atoms with Crippen LogP contribution in [0.5, 0.6) is 0 Å². The van der Waals surface area contributed by atoms with E-state index >= 15 is 0 Å². The van der Waals surface area contributed by atoms with Crippen LogP contribution in [0.25, 0.3) is 0 Å². The Hall–Kier alpha value is -0.940. The van der Waals surface area contributed by atoms with Gasteiger partial charge < -0.3 is 9.63 Å². The van der Waals surface area contributed by atoms with Gasteiger partial charge in [0, 0.05) is 19.6 Å². The van der Waals surface area contributed by atoms with Gasteiger partial charge in [0.25, 0.3) is 0 Å². The van der Waals surface area contributed by atoms with Gasteiger partial charge in [-0.05, 0) is 18.9 Å². The zero-order valence-electron chi connectivity index (χ0n) is 11.0. The number of rotatable bonds is 8. The summed E-state index contributed by atoms with van der Waals surface area (Å²) in [6.07, 6.45) is 1.63. The molecule has 5 heteroatoms. The van der Waals surface area contributed by atoms with E-state index in [-0.39, 0.29) is 6.61 Å². The number of nitrogens with zero attached hydrogens (tertiary/aromatic N) is 3. The lowest BCUT2D eigenvalue weighted by Gasteiger charge is -2.16. The molecule has 1 heterocycles. The molecule has 17 heavy (non-hydrogen) atoms. The van der Waals surface area contributed by atoms with Crippen molar-refractivity contribution in [3.05, 3.63) is 11.7 Å². The predicted molar refractivity (Wildman–Crippen MR) is 65.5 cm³/mol. The number of aliphatic hydroxyl groups is 1. The molecule has 0 bridgehead atoms. The highest BCUT2D eigenvalue weighted by molar-refractivity contribution is 4.87. The number of hydrogen-bond donors (Lipinski definition) is 1. The first-order valence-electron chi connectivity index (χ1n) is 6.30. The molecule has 0 amide bonds. The zero-order valence-corrected chi connectivity index (χ0v) is 11.0. The number of aliphatic hydroxyl groups excluding tert-OH is 1. The van der Waals surface area contributed by atoms with E-state index in [1.807, 2.05) is 0 Å². The Labute approximate surface area is 103 Å². The summed E-state index contributed by atoms with van der Waals surface area (Å²) in [6, 6.07) is 0. The van der Waals surface area contributed by atoms with Crippen LogP contribution >= 0.6 is 0 Å². The van der Waals surface area contributed by atoms with Gasteiger partial charge in [-0.25, -0.2) is 0 Å². The van der Waals surface area contributed by atoms with E-state index in [1.54, 1.807) is 0 Å². The molecule has 0 aliphatic rings. The molecule has 0 aliphatic carbocycles. The van der Waals surface area contributed by atoms with Gasteiger partial charge in [0.15, 0.2) is 5.82 Å². The third kappa shape index (κ3) is 5.28. The summed E-state index contributed by atoms with van der Waals surface area (Å²) >= 11 is 0. The van der Waals surface area contributed by atoms with Crippen LogP contribution in [-0.4, -0.2) is 39.8 Å². The molecule has 98 valence electrons. The molecule has 0 aromatic carbocycles. The third-order valence-electron chi connectivity index (χ3n) is 2.54. The number of hydrogen-bond acceptors (Lipinski definition) is 5. The van der Waals surface area contributed by atoms with E-state index in [0.717, 1.165) is 31.8 Å². The third-order valence-corrected chi connectivity index (χ3v) is 2.54. The minimum atomic E-state index is 0.221. The summed E-state index contributed by atoms with van der Waals surface area (Å²) < 4.78 is 5.21.